The van der Waals surface area contributed by atoms with Crippen LogP contribution in [-0.2, 0) is 16.4 Å². The zero-order valence-corrected chi connectivity index (χ0v) is 12.6. The quantitative estimate of drug-likeness (QED) is 0.828. The van der Waals surface area contributed by atoms with Gasteiger partial charge in [-0.25, -0.2) is 18.4 Å². The summed E-state index contributed by atoms with van der Waals surface area (Å²) in [5, 5.41) is 0. The van der Waals surface area contributed by atoms with Crippen LogP contribution in [0.2, 0.25) is 0 Å². The Bertz CT molecular complexity index is 537. The molecule has 0 N–H and O–H groups in total. The van der Waals surface area contributed by atoms with Crippen LogP contribution in [0.1, 0.15) is 30.6 Å². The molecular formula is C13H21N3O2S. The highest BCUT2D eigenvalue weighted by molar-refractivity contribution is 7.91. The minimum absolute atomic E-state index is 0.111. The zero-order valence-electron chi connectivity index (χ0n) is 11.8. The predicted octanol–water partition coefficient (Wildman–Crippen LogP) is 1.10. The SMILES string of the molecule is CCN(Cc1nc(C)cc(C)n1)[C@H]1CCS(=O)(=O)C1. The highest BCUT2D eigenvalue weighted by Crippen LogP contribution is 2.19. The first-order valence-electron chi connectivity index (χ1n) is 6.65. The van der Waals surface area contributed by atoms with Crippen LogP contribution in [0.5, 0.6) is 0 Å². The van der Waals surface area contributed by atoms with Crippen LogP contribution in [0.3, 0.4) is 0 Å². The van der Waals surface area contributed by atoms with Gasteiger partial charge in [0.15, 0.2) is 9.84 Å². The topological polar surface area (TPSA) is 63.2 Å². The van der Waals surface area contributed by atoms with E-state index in [0.29, 0.717) is 12.3 Å². The summed E-state index contributed by atoms with van der Waals surface area (Å²) < 4.78 is 23.1. The van der Waals surface area contributed by atoms with Gasteiger partial charge in [-0.1, -0.05) is 6.92 Å². The van der Waals surface area contributed by atoms with Gasteiger partial charge in [-0.05, 0) is 32.9 Å². The Balaban J connectivity index is 2.11. The van der Waals surface area contributed by atoms with Crippen LogP contribution in [0, 0.1) is 13.8 Å². The third kappa shape index (κ3) is 3.73. The van der Waals surface area contributed by atoms with Gasteiger partial charge in [0.05, 0.1) is 18.1 Å². The van der Waals surface area contributed by atoms with E-state index in [2.05, 4.69) is 14.9 Å². The van der Waals surface area contributed by atoms with E-state index in [9.17, 15) is 8.42 Å². The van der Waals surface area contributed by atoms with E-state index in [0.717, 1.165) is 30.2 Å². The maximum atomic E-state index is 11.6. The fourth-order valence-corrected chi connectivity index (χ4v) is 4.38. The van der Waals surface area contributed by atoms with Gasteiger partial charge in [0.1, 0.15) is 5.82 Å². The predicted molar refractivity (Wildman–Crippen MR) is 74.6 cm³/mol. The molecular weight excluding hydrogens is 262 g/mol. The lowest BCUT2D eigenvalue weighted by molar-refractivity contribution is 0.209. The maximum absolute atomic E-state index is 11.6. The Morgan fingerprint density at radius 3 is 2.42 bits per heavy atom. The highest BCUT2D eigenvalue weighted by Gasteiger charge is 2.31. The molecule has 0 spiro atoms. The molecule has 106 valence electrons. The van der Waals surface area contributed by atoms with Crippen molar-refractivity contribution in [2.24, 2.45) is 0 Å². The van der Waals surface area contributed by atoms with E-state index in [1.807, 2.05) is 26.8 Å². The van der Waals surface area contributed by atoms with Crippen molar-refractivity contribution in [1.82, 2.24) is 14.9 Å². The van der Waals surface area contributed by atoms with E-state index in [1.165, 1.54) is 0 Å². The van der Waals surface area contributed by atoms with Gasteiger partial charge >= 0.3 is 0 Å². The summed E-state index contributed by atoms with van der Waals surface area (Å²) >= 11 is 0. The Hall–Kier alpha value is -1.01. The molecule has 0 aromatic carbocycles. The molecule has 2 rings (SSSR count). The monoisotopic (exact) mass is 283 g/mol. The average Bonchev–Trinajstić information content (AvgIpc) is 2.65. The number of hydrogen-bond acceptors (Lipinski definition) is 5. The molecule has 6 heteroatoms. The van der Waals surface area contributed by atoms with E-state index in [1.54, 1.807) is 0 Å². The van der Waals surface area contributed by atoms with E-state index < -0.39 is 9.84 Å². The lowest BCUT2D eigenvalue weighted by atomic mass is 10.2. The van der Waals surface area contributed by atoms with Crippen molar-refractivity contribution in [3.05, 3.63) is 23.3 Å². The smallest absolute Gasteiger partial charge is 0.151 e. The number of aromatic nitrogens is 2. The number of nitrogens with zero attached hydrogens (tertiary/aromatic N) is 3. The Morgan fingerprint density at radius 1 is 1.32 bits per heavy atom. The fraction of sp³-hybridized carbons (Fsp3) is 0.692. The third-order valence-electron chi connectivity index (χ3n) is 3.50. The van der Waals surface area contributed by atoms with E-state index in [-0.39, 0.29) is 11.8 Å². The summed E-state index contributed by atoms with van der Waals surface area (Å²) in [6.07, 6.45) is 0.723. The minimum atomic E-state index is -2.84. The Morgan fingerprint density at radius 2 is 1.95 bits per heavy atom. The van der Waals surface area contributed by atoms with Crippen molar-refractivity contribution in [3.8, 4) is 0 Å². The van der Waals surface area contributed by atoms with Crippen molar-refractivity contribution < 1.29 is 8.42 Å². The standard InChI is InChI=1S/C13H21N3O2S/c1-4-16(12-5-6-19(17,18)9-12)8-13-14-10(2)7-11(3)15-13/h7,12H,4-6,8-9H2,1-3H3/t12-/m0/s1. The molecule has 0 radical (unpaired) electrons. The second kappa shape index (κ2) is 5.54. The molecule has 0 aliphatic carbocycles. The number of aryl methyl sites for hydroxylation is 2. The molecule has 5 nitrogen and oxygen atoms in total. The molecule has 1 aromatic rings. The van der Waals surface area contributed by atoms with Crippen molar-refractivity contribution in [2.75, 3.05) is 18.1 Å². The summed E-state index contributed by atoms with van der Waals surface area (Å²) in [4.78, 5) is 11.0. The van der Waals surface area contributed by atoms with Gasteiger partial charge in [0, 0.05) is 17.4 Å². The van der Waals surface area contributed by atoms with Crippen molar-refractivity contribution in [3.63, 3.8) is 0 Å². The highest BCUT2D eigenvalue weighted by atomic mass is 32.2. The van der Waals surface area contributed by atoms with Gasteiger partial charge in [-0.2, -0.15) is 0 Å². The van der Waals surface area contributed by atoms with E-state index >= 15 is 0 Å². The molecule has 2 heterocycles. The van der Waals surface area contributed by atoms with Crippen molar-refractivity contribution >= 4 is 9.84 Å². The molecule has 1 aliphatic rings. The van der Waals surface area contributed by atoms with E-state index in [4.69, 9.17) is 0 Å². The van der Waals surface area contributed by atoms with Crippen LogP contribution in [-0.4, -0.2) is 47.4 Å². The second-order valence-electron chi connectivity index (χ2n) is 5.19. The Labute approximate surface area is 115 Å². The largest absolute Gasteiger partial charge is 0.292 e. The van der Waals surface area contributed by atoms with Crippen LogP contribution < -0.4 is 0 Å². The maximum Gasteiger partial charge on any atom is 0.151 e. The van der Waals surface area contributed by atoms with Crippen molar-refractivity contribution in [2.45, 2.75) is 39.8 Å². The summed E-state index contributed by atoms with van der Waals surface area (Å²) in [5.74, 6) is 1.36. The molecule has 1 fully saturated rings. The van der Waals surface area contributed by atoms with Gasteiger partial charge < -0.3 is 0 Å². The molecule has 1 saturated heterocycles. The van der Waals surface area contributed by atoms with Crippen LogP contribution in [0.4, 0.5) is 0 Å². The fourth-order valence-electron chi connectivity index (χ4n) is 2.61. The normalized spacial score (nSPS) is 22.0. The first-order chi connectivity index (χ1) is 8.89. The summed E-state index contributed by atoms with van der Waals surface area (Å²) in [6.45, 7) is 7.40. The van der Waals surface area contributed by atoms with Gasteiger partial charge in [0.25, 0.3) is 0 Å². The molecule has 1 aromatic heterocycles. The summed E-state index contributed by atoms with van der Waals surface area (Å²) in [7, 11) is -2.84. The number of sulfone groups is 1. The lowest BCUT2D eigenvalue weighted by Gasteiger charge is -2.25. The third-order valence-corrected chi connectivity index (χ3v) is 5.25. The van der Waals surface area contributed by atoms with Crippen molar-refractivity contribution in [1.29, 1.82) is 0 Å². The first-order valence-corrected chi connectivity index (χ1v) is 8.47. The molecule has 0 saturated carbocycles. The second-order valence-corrected chi connectivity index (χ2v) is 7.42. The molecule has 1 aliphatic heterocycles. The van der Waals surface area contributed by atoms with Crippen LogP contribution in [0.15, 0.2) is 6.07 Å². The van der Waals surface area contributed by atoms with Crippen LogP contribution in [0.25, 0.3) is 0 Å². The molecule has 0 bridgehead atoms. The zero-order chi connectivity index (χ0) is 14.0. The van der Waals surface area contributed by atoms with Gasteiger partial charge in [-0.15, -0.1) is 0 Å². The number of hydrogen-bond donors (Lipinski definition) is 0. The average molecular weight is 283 g/mol. The Kier molecular flexibility index (Phi) is 4.20. The first kappa shape index (κ1) is 14.4. The van der Waals surface area contributed by atoms with Gasteiger partial charge in [0.2, 0.25) is 0 Å². The van der Waals surface area contributed by atoms with Crippen LogP contribution >= 0.6 is 0 Å². The summed E-state index contributed by atoms with van der Waals surface area (Å²) in [5.41, 5.74) is 1.91. The lowest BCUT2D eigenvalue weighted by Crippen LogP contribution is -2.36. The number of rotatable bonds is 4. The molecule has 0 unspecified atom stereocenters. The minimum Gasteiger partial charge on any atom is -0.292 e. The molecule has 0 amide bonds. The van der Waals surface area contributed by atoms with Gasteiger partial charge in [-0.3, -0.25) is 4.90 Å². The summed E-state index contributed by atoms with van der Waals surface area (Å²) in [6, 6.07) is 2.05. The molecule has 19 heavy (non-hydrogen) atoms. The molecule has 1 atom stereocenters.